The monoisotopic (exact) mass is 281 g/mol. The second kappa shape index (κ2) is 5.66. The number of fused-ring (bicyclic) bond motifs is 1. The Morgan fingerprint density at radius 3 is 2.90 bits per heavy atom. The van der Waals surface area contributed by atoms with Crippen LogP contribution in [0, 0.1) is 0 Å². The number of ether oxygens (including phenoxy) is 1. The fraction of sp³-hybridized carbons (Fsp3) is 0.125. The third-order valence-corrected chi connectivity index (χ3v) is 3.03. The van der Waals surface area contributed by atoms with Gasteiger partial charge in [-0.1, -0.05) is 18.2 Å². The van der Waals surface area contributed by atoms with Crippen molar-refractivity contribution in [1.82, 2.24) is 9.97 Å². The maximum atomic E-state index is 12.2. The van der Waals surface area contributed by atoms with Crippen LogP contribution >= 0.6 is 0 Å². The van der Waals surface area contributed by atoms with Crippen LogP contribution in [0.4, 0.5) is 5.95 Å². The molecule has 2 aromatic carbocycles. The van der Waals surface area contributed by atoms with E-state index in [2.05, 4.69) is 15.3 Å². The van der Waals surface area contributed by atoms with Gasteiger partial charge in [0.25, 0.3) is 5.91 Å². The zero-order valence-electron chi connectivity index (χ0n) is 11.6. The molecule has 1 aromatic heterocycles. The summed E-state index contributed by atoms with van der Waals surface area (Å²) in [6.07, 6.45) is 0. The van der Waals surface area contributed by atoms with E-state index >= 15 is 0 Å². The van der Waals surface area contributed by atoms with E-state index < -0.39 is 0 Å². The van der Waals surface area contributed by atoms with Crippen molar-refractivity contribution in [2.45, 2.75) is 6.92 Å². The molecule has 21 heavy (non-hydrogen) atoms. The summed E-state index contributed by atoms with van der Waals surface area (Å²) in [6, 6.07) is 14.7. The first-order valence-electron chi connectivity index (χ1n) is 6.75. The smallest absolute Gasteiger partial charge is 0.258 e. The Morgan fingerprint density at radius 1 is 1.24 bits per heavy atom. The summed E-state index contributed by atoms with van der Waals surface area (Å²) in [6.45, 7) is 2.47. The highest BCUT2D eigenvalue weighted by Gasteiger charge is 2.10. The van der Waals surface area contributed by atoms with E-state index in [1.807, 2.05) is 37.3 Å². The molecule has 5 nitrogen and oxygen atoms in total. The number of carbonyl (C=O) groups is 1. The molecule has 1 amide bonds. The Balaban J connectivity index is 1.80. The molecule has 0 radical (unpaired) electrons. The molecule has 0 bridgehead atoms. The summed E-state index contributed by atoms with van der Waals surface area (Å²) in [7, 11) is 0. The van der Waals surface area contributed by atoms with Crippen LogP contribution in [0.25, 0.3) is 11.0 Å². The van der Waals surface area contributed by atoms with Crippen molar-refractivity contribution in [3.8, 4) is 5.75 Å². The van der Waals surface area contributed by atoms with Crippen LogP contribution in [-0.2, 0) is 0 Å². The van der Waals surface area contributed by atoms with Gasteiger partial charge in [-0.15, -0.1) is 0 Å². The Kier molecular flexibility index (Phi) is 3.55. The lowest BCUT2D eigenvalue weighted by atomic mass is 10.2. The van der Waals surface area contributed by atoms with Gasteiger partial charge in [-0.25, -0.2) is 4.98 Å². The number of rotatable bonds is 4. The van der Waals surface area contributed by atoms with E-state index in [-0.39, 0.29) is 5.91 Å². The van der Waals surface area contributed by atoms with Crippen LogP contribution in [0.5, 0.6) is 5.75 Å². The Morgan fingerprint density at radius 2 is 2.10 bits per heavy atom. The van der Waals surface area contributed by atoms with E-state index in [9.17, 15) is 4.79 Å². The normalized spacial score (nSPS) is 10.5. The van der Waals surface area contributed by atoms with Crippen LogP contribution in [0.1, 0.15) is 17.3 Å². The van der Waals surface area contributed by atoms with Gasteiger partial charge in [0.1, 0.15) is 5.75 Å². The number of hydrogen-bond acceptors (Lipinski definition) is 3. The molecule has 0 aliphatic rings. The quantitative estimate of drug-likeness (QED) is 0.771. The molecule has 1 heterocycles. The molecular formula is C16H15N3O2. The minimum Gasteiger partial charge on any atom is -0.494 e. The number of nitrogens with one attached hydrogen (secondary N) is 2. The fourth-order valence-electron chi connectivity index (χ4n) is 2.09. The summed E-state index contributed by atoms with van der Waals surface area (Å²) < 4.78 is 5.39. The summed E-state index contributed by atoms with van der Waals surface area (Å²) in [5.41, 5.74) is 2.23. The van der Waals surface area contributed by atoms with E-state index in [1.54, 1.807) is 18.2 Å². The molecule has 0 aliphatic heterocycles. The number of carbonyl (C=O) groups excluding carboxylic acids is 1. The predicted octanol–water partition coefficient (Wildman–Crippen LogP) is 3.21. The van der Waals surface area contributed by atoms with Gasteiger partial charge in [0.2, 0.25) is 5.95 Å². The van der Waals surface area contributed by atoms with Gasteiger partial charge in [0.05, 0.1) is 17.6 Å². The molecule has 0 aliphatic carbocycles. The van der Waals surface area contributed by atoms with E-state index in [1.165, 1.54) is 0 Å². The summed E-state index contributed by atoms with van der Waals surface area (Å²) in [5, 5.41) is 2.76. The van der Waals surface area contributed by atoms with Gasteiger partial charge < -0.3 is 9.72 Å². The highest BCUT2D eigenvalue weighted by atomic mass is 16.5. The average Bonchev–Trinajstić information content (AvgIpc) is 2.90. The van der Waals surface area contributed by atoms with Gasteiger partial charge in [-0.3, -0.25) is 10.1 Å². The highest BCUT2D eigenvalue weighted by molar-refractivity contribution is 6.04. The summed E-state index contributed by atoms with van der Waals surface area (Å²) >= 11 is 0. The molecule has 106 valence electrons. The fourth-order valence-corrected chi connectivity index (χ4v) is 2.09. The van der Waals surface area contributed by atoms with E-state index in [0.29, 0.717) is 23.9 Å². The minimum absolute atomic E-state index is 0.226. The maximum Gasteiger partial charge on any atom is 0.258 e. The number of nitrogens with zero attached hydrogens (tertiary/aromatic N) is 1. The summed E-state index contributed by atoms with van der Waals surface area (Å²) in [5.74, 6) is 0.883. The number of imidazole rings is 1. The van der Waals surface area contributed by atoms with Crippen molar-refractivity contribution in [2.24, 2.45) is 0 Å². The standard InChI is InChI=1S/C16H15N3O2/c1-2-21-12-7-5-6-11(10-12)15(20)19-16-17-13-8-3-4-9-14(13)18-16/h3-10H,2H2,1H3,(H2,17,18,19,20). The lowest BCUT2D eigenvalue weighted by molar-refractivity contribution is 0.102. The molecule has 5 heteroatoms. The molecule has 0 fully saturated rings. The van der Waals surface area contributed by atoms with Crippen molar-refractivity contribution in [3.05, 3.63) is 54.1 Å². The molecule has 3 aromatic rings. The number of aromatic amines is 1. The molecule has 0 unspecified atom stereocenters. The molecule has 0 saturated heterocycles. The minimum atomic E-state index is -0.226. The molecule has 2 N–H and O–H groups in total. The first-order valence-corrected chi connectivity index (χ1v) is 6.75. The number of para-hydroxylation sites is 2. The zero-order valence-corrected chi connectivity index (χ0v) is 11.6. The number of amides is 1. The van der Waals surface area contributed by atoms with Crippen LogP contribution < -0.4 is 10.1 Å². The maximum absolute atomic E-state index is 12.2. The predicted molar refractivity (Wildman–Crippen MR) is 81.7 cm³/mol. The van der Waals surface area contributed by atoms with Crippen molar-refractivity contribution < 1.29 is 9.53 Å². The van der Waals surface area contributed by atoms with Crippen LogP contribution in [-0.4, -0.2) is 22.5 Å². The molecule has 0 atom stereocenters. The van der Waals surface area contributed by atoms with Crippen molar-refractivity contribution in [2.75, 3.05) is 11.9 Å². The number of H-pyrrole nitrogens is 1. The Hall–Kier alpha value is -2.82. The molecular weight excluding hydrogens is 266 g/mol. The first-order chi connectivity index (χ1) is 10.3. The lowest BCUT2D eigenvalue weighted by Crippen LogP contribution is -2.13. The highest BCUT2D eigenvalue weighted by Crippen LogP contribution is 2.16. The van der Waals surface area contributed by atoms with Crippen LogP contribution in [0.15, 0.2) is 48.5 Å². The largest absolute Gasteiger partial charge is 0.494 e. The lowest BCUT2D eigenvalue weighted by Gasteiger charge is -2.05. The Labute approximate surface area is 122 Å². The number of aromatic nitrogens is 2. The summed E-state index contributed by atoms with van der Waals surface area (Å²) in [4.78, 5) is 19.6. The second-order valence-electron chi connectivity index (χ2n) is 4.52. The molecule has 3 rings (SSSR count). The number of hydrogen-bond donors (Lipinski definition) is 2. The number of benzene rings is 2. The molecule has 0 spiro atoms. The van der Waals surface area contributed by atoms with Crippen molar-refractivity contribution in [1.29, 1.82) is 0 Å². The third kappa shape index (κ3) is 2.86. The van der Waals surface area contributed by atoms with Gasteiger partial charge in [0, 0.05) is 5.56 Å². The van der Waals surface area contributed by atoms with Crippen LogP contribution in [0.2, 0.25) is 0 Å². The van der Waals surface area contributed by atoms with Gasteiger partial charge >= 0.3 is 0 Å². The zero-order chi connectivity index (χ0) is 14.7. The van der Waals surface area contributed by atoms with Crippen LogP contribution in [0.3, 0.4) is 0 Å². The Bertz CT molecular complexity index is 747. The SMILES string of the molecule is CCOc1cccc(C(=O)Nc2nc3ccccc3[nH]2)c1. The second-order valence-corrected chi connectivity index (χ2v) is 4.52. The topological polar surface area (TPSA) is 67.0 Å². The van der Waals surface area contributed by atoms with Gasteiger partial charge in [-0.05, 0) is 37.3 Å². The first kappa shape index (κ1) is 13.2. The van der Waals surface area contributed by atoms with Crippen molar-refractivity contribution in [3.63, 3.8) is 0 Å². The van der Waals surface area contributed by atoms with Crippen molar-refractivity contribution >= 4 is 22.9 Å². The molecule has 0 saturated carbocycles. The average molecular weight is 281 g/mol. The van der Waals surface area contributed by atoms with Gasteiger partial charge in [0.15, 0.2) is 0 Å². The van der Waals surface area contributed by atoms with E-state index in [4.69, 9.17) is 4.74 Å². The van der Waals surface area contributed by atoms with Gasteiger partial charge in [-0.2, -0.15) is 0 Å². The van der Waals surface area contributed by atoms with E-state index in [0.717, 1.165) is 11.0 Å². The third-order valence-electron chi connectivity index (χ3n) is 3.03. The number of anilines is 1.